The third-order valence-electron chi connectivity index (χ3n) is 4.32. The number of imidazole rings is 1. The van der Waals surface area contributed by atoms with Gasteiger partial charge in [0.05, 0.1) is 11.4 Å². The summed E-state index contributed by atoms with van der Waals surface area (Å²) in [6.07, 6.45) is 3.57. The van der Waals surface area contributed by atoms with E-state index in [-0.39, 0.29) is 11.7 Å². The predicted molar refractivity (Wildman–Crippen MR) is 111 cm³/mol. The summed E-state index contributed by atoms with van der Waals surface area (Å²) in [6, 6.07) is 15.1. The summed E-state index contributed by atoms with van der Waals surface area (Å²) in [5.74, 6) is -0.272. The van der Waals surface area contributed by atoms with Gasteiger partial charge in [-0.25, -0.2) is 9.78 Å². The second kappa shape index (κ2) is 9.23. The van der Waals surface area contributed by atoms with Gasteiger partial charge in [0.15, 0.2) is 5.16 Å². The number of nitrogens with one attached hydrogen (secondary N) is 2. The van der Waals surface area contributed by atoms with E-state index < -0.39 is 6.03 Å². The summed E-state index contributed by atoms with van der Waals surface area (Å²) in [5, 5.41) is 5.72. The molecule has 0 aliphatic rings. The lowest BCUT2D eigenvalue weighted by Gasteiger charge is -2.12. The fraction of sp³-hybridized carbons (Fsp3) is 0.190. The number of nitrogens with zero attached hydrogens (tertiary/aromatic N) is 2. The molecule has 0 aliphatic carbocycles. The van der Waals surface area contributed by atoms with Gasteiger partial charge in [0.1, 0.15) is 0 Å². The van der Waals surface area contributed by atoms with Crippen LogP contribution < -0.4 is 10.6 Å². The van der Waals surface area contributed by atoms with Crippen LogP contribution in [0.4, 0.5) is 4.79 Å². The highest BCUT2D eigenvalue weighted by molar-refractivity contribution is 7.99. The average molecular weight is 395 g/mol. The summed E-state index contributed by atoms with van der Waals surface area (Å²) in [4.78, 5) is 28.3. The van der Waals surface area contributed by atoms with Gasteiger partial charge in [0.25, 0.3) is 0 Å². The molecule has 6 nitrogen and oxygen atoms in total. The van der Waals surface area contributed by atoms with Crippen molar-refractivity contribution in [2.45, 2.75) is 25.5 Å². The van der Waals surface area contributed by atoms with Crippen molar-refractivity contribution in [1.29, 1.82) is 0 Å². The number of hydrogen-bond donors (Lipinski definition) is 2. The highest BCUT2D eigenvalue weighted by Gasteiger charge is 2.13. The Bertz CT molecular complexity index is 970. The summed E-state index contributed by atoms with van der Waals surface area (Å²) in [6.45, 7) is 4.48. The fourth-order valence-corrected chi connectivity index (χ4v) is 3.46. The number of amides is 3. The SMILES string of the molecule is Cc1cccc(-n2ccnc2SCC(=O)NC(=O)NCc2ccccc2)c1C. The zero-order valence-corrected chi connectivity index (χ0v) is 16.6. The molecule has 0 spiro atoms. The van der Waals surface area contributed by atoms with Crippen LogP contribution in [-0.4, -0.2) is 27.2 Å². The Morgan fingerprint density at radius 2 is 1.86 bits per heavy atom. The van der Waals surface area contributed by atoms with Crippen LogP contribution in [0, 0.1) is 13.8 Å². The minimum atomic E-state index is -0.507. The Labute approximate surface area is 168 Å². The van der Waals surface area contributed by atoms with Gasteiger partial charge < -0.3 is 5.32 Å². The maximum atomic E-state index is 12.1. The Kier molecular flexibility index (Phi) is 6.49. The molecule has 2 aromatic carbocycles. The number of rotatable bonds is 6. The molecule has 2 N–H and O–H groups in total. The molecule has 0 unspecified atom stereocenters. The van der Waals surface area contributed by atoms with Crippen LogP contribution in [0.3, 0.4) is 0 Å². The van der Waals surface area contributed by atoms with E-state index in [1.807, 2.05) is 53.2 Å². The highest BCUT2D eigenvalue weighted by Crippen LogP contribution is 2.24. The lowest BCUT2D eigenvalue weighted by molar-refractivity contribution is -0.117. The number of thioether (sulfide) groups is 1. The van der Waals surface area contributed by atoms with Gasteiger partial charge in [-0.05, 0) is 36.6 Å². The standard InChI is InChI=1S/C21H22N4O2S/c1-15-7-6-10-18(16(15)2)25-12-11-22-21(25)28-14-19(26)24-20(27)23-13-17-8-4-3-5-9-17/h3-12H,13-14H2,1-2H3,(H2,23,24,26,27). The van der Waals surface area contributed by atoms with E-state index in [1.54, 1.807) is 6.20 Å². The Morgan fingerprint density at radius 1 is 1.07 bits per heavy atom. The summed E-state index contributed by atoms with van der Waals surface area (Å²) >= 11 is 1.29. The van der Waals surface area contributed by atoms with E-state index in [1.165, 1.54) is 17.3 Å². The number of carbonyl (C=O) groups excluding carboxylic acids is 2. The molecule has 0 aliphatic heterocycles. The second-order valence-corrected chi connectivity index (χ2v) is 7.25. The number of carbonyl (C=O) groups is 2. The minimum absolute atomic E-state index is 0.0979. The molecule has 3 aromatic rings. The van der Waals surface area contributed by atoms with Crippen LogP contribution >= 0.6 is 11.8 Å². The molecular formula is C21H22N4O2S. The van der Waals surface area contributed by atoms with E-state index in [0.29, 0.717) is 11.7 Å². The molecule has 0 fully saturated rings. The van der Waals surface area contributed by atoms with E-state index >= 15 is 0 Å². The summed E-state index contributed by atoms with van der Waals surface area (Å²) < 4.78 is 1.95. The number of imide groups is 1. The van der Waals surface area contributed by atoms with Crippen molar-refractivity contribution in [1.82, 2.24) is 20.2 Å². The van der Waals surface area contributed by atoms with Crippen molar-refractivity contribution in [3.05, 3.63) is 77.6 Å². The Morgan fingerprint density at radius 3 is 2.64 bits per heavy atom. The molecule has 0 saturated heterocycles. The third kappa shape index (κ3) is 5.01. The molecule has 28 heavy (non-hydrogen) atoms. The van der Waals surface area contributed by atoms with Gasteiger partial charge in [-0.3, -0.25) is 14.7 Å². The maximum absolute atomic E-state index is 12.1. The molecular weight excluding hydrogens is 372 g/mol. The minimum Gasteiger partial charge on any atom is -0.334 e. The quantitative estimate of drug-likeness (QED) is 0.626. The first-order chi connectivity index (χ1) is 13.5. The van der Waals surface area contributed by atoms with E-state index in [9.17, 15) is 9.59 Å². The lowest BCUT2D eigenvalue weighted by Crippen LogP contribution is -2.39. The van der Waals surface area contributed by atoms with Gasteiger partial charge in [-0.1, -0.05) is 54.2 Å². The largest absolute Gasteiger partial charge is 0.334 e. The van der Waals surface area contributed by atoms with Crippen molar-refractivity contribution in [2.24, 2.45) is 0 Å². The third-order valence-corrected chi connectivity index (χ3v) is 5.29. The number of urea groups is 1. The second-order valence-electron chi connectivity index (χ2n) is 6.30. The topological polar surface area (TPSA) is 76.0 Å². The van der Waals surface area contributed by atoms with Gasteiger partial charge in [0, 0.05) is 18.9 Å². The van der Waals surface area contributed by atoms with Gasteiger partial charge in [0.2, 0.25) is 5.91 Å². The lowest BCUT2D eigenvalue weighted by atomic mass is 10.1. The molecule has 3 rings (SSSR count). The average Bonchev–Trinajstić information content (AvgIpc) is 3.16. The molecule has 1 heterocycles. The van der Waals surface area contributed by atoms with Gasteiger partial charge in [-0.2, -0.15) is 0 Å². The molecule has 0 atom stereocenters. The number of aromatic nitrogens is 2. The first-order valence-electron chi connectivity index (χ1n) is 8.89. The van der Waals surface area contributed by atoms with Crippen molar-refractivity contribution in [3.8, 4) is 5.69 Å². The van der Waals surface area contributed by atoms with Gasteiger partial charge >= 0.3 is 6.03 Å². The molecule has 0 saturated carbocycles. The maximum Gasteiger partial charge on any atom is 0.321 e. The van der Waals surface area contributed by atoms with Crippen LogP contribution in [0.1, 0.15) is 16.7 Å². The molecule has 0 radical (unpaired) electrons. The van der Waals surface area contributed by atoms with E-state index in [4.69, 9.17) is 0 Å². The predicted octanol–water partition coefficient (Wildman–Crippen LogP) is 3.61. The fourth-order valence-electron chi connectivity index (χ4n) is 2.69. The Balaban J connectivity index is 1.53. The monoisotopic (exact) mass is 394 g/mol. The van der Waals surface area contributed by atoms with Crippen molar-refractivity contribution in [3.63, 3.8) is 0 Å². The first-order valence-corrected chi connectivity index (χ1v) is 9.87. The van der Waals surface area contributed by atoms with Gasteiger partial charge in [-0.15, -0.1) is 0 Å². The summed E-state index contributed by atoms with van der Waals surface area (Å²) in [5.41, 5.74) is 4.35. The molecule has 3 amide bonds. The number of aryl methyl sites for hydroxylation is 1. The van der Waals surface area contributed by atoms with Crippen molar-refractivity contribution in [2.75, 3.05) is 5.75 Å². The van der Waals surface area contributed by atoms with Crippen LogP contribution in [-0.2, 0) is 11.3 Å². The number of benzene rings is 2. The Hall–Kier alpha value is -3.06. The normalized spacial score (nSPS) is 10.5. The molecule has 7 heteroatoms. The molecule has 144 valence electrons. The zero-order chi connectivity index (χ0) is 19.9. The van der Waals surface area contributed by atoms with Crippen molar-refractivity contribution >= 4 is 23.7 Å². The van der Waals surface area contributed by atoms with E-state index in [2.05, 4.69) is 35.5 Å². The molecule has 1 aromatic heterocycles. The highest BCUT2D eigenvalue weighted by atomic mass is 32.2. The smallest absolute Gasteiger partial charge is 0.321 e. The van der Waals surface area contributed by atoms with E-state index in [0.717, 1.165) is 16.8 Å². The van der Waals surface area contributed by atoms with Crippen LogP contribution in [0.5, 0.6) is 0 Å². The van der Waals surface area contributed by atoms with Crippen molar-refractivity contribution < 1.29 is 9.59 Å². The number of hydrogen-bond acceptors (Lipinski definition) is 4. The summed E-state index contributed by atoms with van der Waals surface area (Å²) in [7, 11) is 0. The van der Waals surface area contributed by atoms with Crippen LogP contribution in [0.25, 0.3) is 5.69 Å². The van der Waals surface area contributed by atoms with Crippen LogP contribution in [0.2, 0.25) is 0 Å². The van der Waals surface area contributed by atoms with Crippen LogP contribution in [0.15, 0.2) is 66.1 Å². The molecule has 0 bridgehead atoms. The zero-order valence-electron chi connectivity index (χ0n) is 15.8. The first kappa shape index (κ1) is 19.7.